The molecule has 1 N–H and O–H groups in total. The zero-order valence-electron chi connectivity index (χ0n) is 11.6. The first-order valence-electron chi connectivity index (χ1n) is 6.39. The summed E-state index contributed by atoms with van der Waals surface area (Å²) in [6.45, 7) is 1.99. The molecule has 5 nitrogen and oxygen atoms in total. The van der Waals surface area contributed by atoms with E-state index in [1.807, 2.05) is 31.2 Å². The Kier molecular flexibility index (Phi) is 4.65. The van der Waals surface area contributed by atoms with Crippen LogP contribution in [0.1, 0.15) is 17.5 Å². The van der Waals surface area contributed by atoms with Gasteiger partial charge in [-0.2, -0.15) is 0 Å². The normalized spacial score (nSPS) is 10.1. The molecule has 1 aromatic carbocycles. The SMILES string of the molecule is COc1ncc(CCC(=O)Nc2cccc(C)c2)cn1. The van der Waals surface area contributed by atoms with Crippen LogP contribution in [0.2, 0.25) is 0 Å². The summed E-state index contributed by atoms with van der Waals surface area (Å²) in [6, 6.07) is 8.06. The number of carbonyl (C=O) groups excluding carboxylic acids is 1. The standard InChI is InChI=1S/C15H17N3O2/c1-11-4-3-5-13(8-11)18-14(19)7-6-12-9-16-15(20-2)17-10-12/h3-5,8-10H,6-7H2,1-2H3,(H,18,19). The summed E-state index contributed by atoms with van der Waals surface area (Å²) in [5.74, 6) is -0.0218. The first kappa shape index (κ1) is 14.0. The van der Waals surface area contributed by atoms with Gasteiger partial charge >= 0.3 is 6.01 Å². The van der Waals surface area contributed by atoms with Gasteiger partial charge in [0.15, 0.2) is 0 Å². The maximum Gasteiger partial charge on any atom is 0.316 e. The molecule has 0 spiro atoms. The lowest BCUT2D eigenvalue weighted by Gasteiger charge is -2.06. The molecule has 0 unspecified atom stereocenters. The lowest BCUT2D eigenvalue weighted by molar-refractivity contribution is -0.116. The van der Waals surface area contributed by atoms with Crippen molar-refractivity contribution in [1.82, 2.24) is 9.97 Å². The second-order valence-corrected chi connectivity index (χ2v) is 4.50. The maximum atomic E-state index is 11.8. The van der Waals surface area contributed by atoms with Gasteiger partial charge in [-0.15, -0.1) is 0 Å². The van der Waals surface area contributed by atoms with Gasteiger partial charge in [0.05, 0.1) is 7.11 Å². The number of benzene rings is 1. The number of hydrogen-bond donors (Lipinski definition) is 1. The Labute approximate surface area is 118 Å². The van der Waals surface area contributed by atoms with Gasteiger partial charge in [0.25, 0.3) is 0 Å². The minimum absolute atomic E-state index is 0.0218. The van der Waals surface area contributed by atoms with Crippen LogP contribution in [0.3, 0.4) is 0 Å². The van der Waals surface area contributed by atoms with Crippen LogP contribution in [0.4, 0.5) is 5.69 Å². The van der Waals surface area contributed by atoms with Crippen LogP contribution in [0.25, 0.3) is 0 Å². The highest BCUT2D eigenvalue weighted by molar-refractivity contribution is 5.90. The molecule has 0 radical (unpaired) electrons. The van der Waals surface area contributed by atoms with Gasteiger partial charge < -0.3 is 10.1 Å². The molecule has 0 aliphatic carbocycles. The maximum absolute atomic E-state index is 11.8. The number of nitrogens with zero attached hydrogens (tertiary/aromatic N) is 2. The molecule has 1 heterocycles. The molecule has 0 aliphatic heterocycles. The molecule has 0 bridgehead atoms. The predicted octanol–water partition coefficient (Wildman–Crippen LogP) is 2.36. The van der Waals surface area contributed by atoms with Gasteiger partial charge in [0.1, 0.15) is 0 Å². The van der Waals surface area contributed by atoms with Gasteiger partial charge in [0, 0.05) is 24.5 Å². The average Bonchev–Trinajstić information content (AvgIpc) is 2.46. The smallest absolute Gasteiger partial charge is 0.316 e. The molecule has 2 rings (SSSR count). The van der Waals surface area contributed by atoms with E-state index in [1.165, 1.54) is 7.11 Å². The molecule has 1 aromatic heterocycles. The van der Waals surface area contributed by atoms with Gasteiger partial charge in [-0.3, -0.25) is 4.79 Å². The quantitative estimate of drug-likeness (QED) is 0.906. The van der Waals surface area contributed by atoms with Crippen LogP contribution in [0, 0.1) is 6.92 Å². The number of methoxy groups -OCH3 is 1. The summed E-state index contributed by atoms with van der Waals surface area (Å²) in [4.78, 5) is 19.9. The summed E-state index contributed by atoms with van der Waals surface area (Å²) in [7, 11) is 1.52. The molecule has 5 heteroatoms. The van der Waals surface area contributed by atoms with Crippen molar-refractivity contribution in [3.8, 4) is 6.01 Å². The van der Waals surface area contributed by atoms with Gasteiger partial charge in [-0.05, 0) is 36.6 Å². The van der Waals surface area contributed by atoms with Gasteiger partial charge in [0.2, 0.25) is 5.91 Å². The van der Waals surface area contributed by atoms with E-state index in [2.05, 4.69) is 15.3 Å². The van der Waals surface area contributed by atoms with Crippen molar-refractivity contribution in [2.75, 3.05) is 12.4 Å². The van der Waals surface area contributed by atoms with E-state index >= 15 is 0 Å². The van der Waals surface area contributed by atoms with E-state index < -0.39 is 0 Å². The number of anilines is 1. The lowest BCUT2D eigenvalue weighted by Crippen LogP contribution is -2.12. The highest BCUT2D eigenvalue weighted by Crippen LogP contribution is 2.11. The molecular formula is C15H17N3O2. The Hall–Kier alpha value is -2.43. The highest BCUT2D eigenvalue weighted by Gasteiger charge is 2.04. The van der Waals surface area contributed by atoms with Crippen molar-refractivity contribution < 1.29 is 9.53 Å². The molecule has 0 saturated carbocycles. The minimum Gasteiger partial charge on any atom is -0.467 e. The number of amides is 1. The van der Waals surface area contributed by atoms with Crippen LogP contribution >= 0.6 is 0 Å². The largest absolute Gasteiger partial charge is 0.467 e. The fraction of sp³-hybridized carbons (Fsp3) is 0.267. The van der Waals surface area contributed by atoms with Crippen LogP contribution in [-0.4, -0.2) is 23.0 Å². The molecule has 0 atom stereocenters. The Morgan fingerprint density at radius 1 is 1.30 bits per heavy atom. The Morgan fingerprint density at radius 2 is 2.05 bits per heavy atom. The molecule has 1 amide bonds. The zero-order chi connectivity index (χ0) is 14.4. The molecule has 2 aromatic rings. The number of carbonyl (C=O) groups is 1. The number of nitrogens with one attached hydrogen (secondary N) is 1. The van der Waals surface area contributed by atoms with Crippen molar-refractivity contribution in [3.63, 3.8) is 0 Å². The van der Waals surface area contributed by atoms with Crippen LogP contribution < -0.4 is 10.1 Å². The fourth-order valence-corrected chi connectivity index (χ4v) is 1.78. The Bertz CT molecular complexity index is 582. The fourth-order valence-electron chi connectivity index (χ4n) is 1.78. The minimum atomic E-state index is -0.0218. The van der Waals surface area contributed by atoms with Gasteiger partial charge in [-0.1, -0.05) is 12.1 Å². The predicted molar refractivity (Wildman–Crippen MR) is 76.7 cm³/mol. The summed E-state index contributed by atoms with van der Waals surface area (Å²) in [5.41, 5.74) is 2.84. The van der Waals surface area contributed by atoms with E-state index in [0.29, 0.717) is 18.9 Å². The second-order valence-electron chi connectivity index (χ2n) is 4.50. The molecular weight excluding hydrogens is 254 g/mol. The molecule has 0 saturated heterocycles. The molecule has 0 fully saturated rings. The lowest BCUT2D eigenvalue weighted by atomic mass is 10.2. The van der Waals surface area contributed by atoms with Crippen molar-refractivity contribution in [2.24, 2.45) is 0 Å². The number of aryl methyl sites for hydroxylation is 2. The second kappa shape index (κ2) is 6.65. The van der Waals surface area contributed by atoms with E-state index in [9.17, 15) is 4.79 Å². The number of hydrogen-bond acceptors (Lipinski definition) is 4. The summed E-state index contributed by atoms with van der Waals surface area (Å²) >= 11 is 0. The van der Waals surface area contributed by atoms with E-state index in [1.54, 1.807) is 12.4 Å². The summed E-state index contributed by atoms with van der Waals surface area (Å²) in [5, 5.41) is 2.87. The Balaban J connectivity index is 1.85. The summed E-state index contributed by atoms with van der Waals surface area (Å²) < 4.78 is 4.88. The third-order valence-electron chi connectivity index (χ3n) is 2.81. The Morgan fingerprint density at radius 3 is 2.70 bits per heavy atom. The van der Waals surface area contributed by atoms with Crippen LogP contribution in [0.5, 0.6) is 6.01 Å². The first-order valence-corrected chi connectivity index (χ1v) is 6.39. The van der Waals surface area contributed by atoms with E-state index in [0.717, 1.165) is 16.8 Å². The van der Waals surface area contributed by atoms with Crippen molar-refractivity contribution in [2.45, 2.75) is 19.8 Å². The third kappa shape index (κ3) is 4.05. The van der Waals surface area contributed by atoms with Crippen LogP contribution in [-0.2, 0) is 11.2 Å². The number of ether oxygens (including phenoxy) is 1. The van der Waals surface area contributed by atoms with Crippen molar-refractivity contribution in [1.29, 1.82) is 0 Å². The van der Waals surface area contributed by atoms with Crippen molar-refractivity contribution >= 4 is 11.6 Å². The topological polar surface area (TPSA) is 64.1 Å². The first-order chi connectivity index (χ1) is 9.67. The number of aromatic nitrogens is 2. The van der Waals surface area contributed by atoms with Gasteiger partial charge in [-0.25, -0.2) is 9.97 Å². The van der Waals surface area contributed by atoms with E-state index in [4.69, 9.17) is 4.74 Å². The zero-order valence-corrected chi connectivity index (χ0v) is 11.6. The van der Waals surface area contributed by atoms with E-state index in [-0.39, 0.29) is 5.91 Å². The monoisotopic (exact) mass is 271 g/mol. The highest BCUT2D eigenvalue weighted by atomic mass is 16.5. The van der Waals surface area contributed by atoms with Crippen molar-refractivity contribution in [3.05, 3.63) is 47.8 Å². The number of rotatable bonds is 5. The molecule has 20 heavy (non-hydrogen) atoms. The summed E-state index contributed by atoms with van der Waals surface area (Å²) in [6.07, 6.45) is 4.34. The third-order valence-corrected chi connectivity index (χ3v) is 2.81. The molecule has 104 valence electrons. The average molecular weight is 271 g/mol. The molecule has 0 aliphatic rings. The van der Waals surface area contributed by atoms with Crippen LogP contribution in [0.15, 0.2) is 36.7 Å².